The molecule has 0 aliphatic carbocycles. The summed E-state index contributed by atoms with van der Waals surface area (Å²) in [4.78, 5) is 20.5. The molecule has 8 rings (SSSR count). The number of hydrogen-bond donors (Lipinski definition) is 0. The van der Waals surface area contributed by atoms with Crippen molar-refractivity contribution >= 4 is 11.0 Å². The van der Waals surface area contributed by atoms with Gasteiger partial charge in [0.25, 0.3) is 0 Å². The van der Waals surface area contributed by atoms with Gasteiger partial charge in [0.15, 0.2) is 5.82 Å². The molecule has 224 valence electrons. The molecule has 0 atom stereocenters. The highest BCUT2D eigenvalue weighted by atomic mass is 15.0. The third kappa shape index (κ3) is 5.71. The summed E-state index contributed by atoms with van der Waals surface area (Å²) in [5.41, 5.74) is 12.4. The minimum Gasteiger partial charge on any atom is -0.244 e. The zero-order chi connectivity index (χ0) is 32.3. The van der Waals surface area contributed by atoms with Crippen LogP contribution in [0.25, 0.3) is 78.6 Å². The van der Waals surface area contributed by atoms with Crippen LogP contribution in [0.4, 0.5) is 0 Å². The molecule has 5 heteroatoms. The van der Waals surface area contributed by atoms with E-state index in [9.17, 15) is 5.26 Å². The van der Waals surface area contributed by atoms with Gasteiger partial charge in [-0.15, -0.1) is 0 Å². The van der Waals surface area contributed by atoms with E-state index < -0.39 is 0 Å². The molecule has 2 aromatic heterocycles. The zero-order valence-electron chi connectivity index (χ0n) is 25.8. The summed E-state index contributed by atoms with van der Waals surface area (Å²) < 4.78 is 0. The van der Waals surface area contributed by atoms with Crippen molar-refractivity contribution in [2.24, 2.45) is 0 Å². The van der Waals surface area contributed by atoms with Gasteiger partial charge in [-0.1, -0.05) is 133 Å². The minimum atomic E-state index is 0.503. The van der Waals surface area contributed by atoms with Gasteiger partial charge in [-0.25, -0.2) is 19.9 Å². The summed E-state index contributed by atoms with van der Waals surface area (Å²) in [6.07, 6.45) is 0. The van der Waals surface area contributed by atoms with Crippen LogP contribution in [0, 0.1) is 11.3 Å². The van der Waals surface area contributed by atoms with E-state index in [2.05, 4.69) is 91.0 Å². The van der Waals surface area contributed by atoms with Gasteiger partial charge in [0.2, 0.25) is 0 Å². The number of rotatable bonds is 6. The third-order valence-electron chi connectivity index (χ3n) is 8.37. The third-order valence-corrected chi connectivity index (χ3v) is 8.37. The van der Waals surface area contributed by atoms with E-state index in [4.69, 9.17) is 19.9 Å². The SMILES string of the molecule is N#Cc1ccc(-c2ccc(-c3nc4ccccc4nc3-c3nc(-c4ccccc4)cc(-c4ccc(-c5ccccc5)cc4)n3)cc2)cc1. The highest BCUT2D eigenvalue weighted by Gasteiger charge is 2.19. The van der Waals surface area contributed by atoms with Crippen molar-refractivity contribution in [1.82, 2.24) is 19.9 Å². The number of hydrogen-bond acceptors (Lipinski definition) is 5. The highest BCUT2D eigenvalue weighted by Crippen LogP contribution is 2.34. The molecule has 48 heavy (non-hydrogen) atoms. The molecule has 0 radical (unpaired) electrons. The summed E-state index contributed by atoms with van der Waals surface area (Å²) in [6, 6.07) is 56.9. The van der Waals surface area contributed by atoms with Crippen molar-refractivity contribution in [3.05, 3.63) is 169 Å². The summed E-state index contributed by atoms with van der Waals surface area (Å²) >= 11 is 0. The average molecular weight is 614 g/mol. The quantitative estimate of drug-likeness (QED) is 0.187. The van der Waals surface area contributed by atoms with Crippen molar-refractivity contribution in [2.45, 2.75) is 0 Å². The van der Waals surface area contributed by atoms with E-state index >= 15 is 0 Å². The fourth-order valence-electron chi connectivity index (χ4n) is 5.84. The van der Waals surface area contributed by atoms with Crippen LogP contribution in [0.3, 0.4) is 0 Å². The fraction of sp³-hybridized carbons (Fsp3) is 0. The maximum atomic E-state index is 9.20. The van der Waals surface area contributed by atoms with Gasteiger partial charge in [0.05, 0.1) is 34.1 Å². The Labute approximate surface area is 278 Å². The van der Waals surface area contributed by atoms with E-state index in [1.807, 2.05) is 78.9 Å². The Morgan fingerprint density at radius 3 is 1.29 bits per heavy atom. The first-order chi connectivity index (χ1) is 23.7. The monoisotopic (exact) mass is 613 g/mol. The molecule has 0 N–H and O–H groups in total. The Morgan fingerprint density at radius 1 is 0.354 bits per heavy atom. The zero-order valence-corrected chi connectivity index (χ0v) is 25.8. The summed E-state index contributed by atoms with van der Waals surface area (Å²) in [5, 5.41) is 9.20. The van der Waals surface area contributed by atoms with Gasteiger partial charge < -0.3 is 0 Å². The Bertz CT molecular complexity index is 2410. The number of fused-ring (bicyclic) bond motifs is 1. The van der Waals surface area contributed by atoms with Crippen molar-refractivity contribution in [3.8, 4) is 73.6 Å². The molecule has 0 aliphatic heterocycles. The molecule has 0 spiro atoms. The van der Waals surface area contributed by atoms with Gasteiger partial charge in [-0.2, -0.15) is 5.26 Å². The summed E-state index contributed by atoms with van der Waals surface area (Å²) in [5.74, 6) is 0.503. The molecule has 0 saturated carbocycles. The highest BCUT2D eigenvalue weighted by molar-refractivity contribution is 5.86. The Balaban J connectivity index is 1.27. The molecule has 0 unspecified atom stereocenters. The molecule has 6 aromatic carbocycles. The van der Waals surface area contributed by atoms with Crippen LogP contribution in [0.15, 0.2) is 164 Å². The van der Waals surface area contributed by atoms with Gasteiger partial charge in [-0.3, -0.25) is 0 Å². The van der Waals surface area contributed by atoms with E-state index in [1.165, 1.54) is 5.56 Å². The Kier molecular flexibility index (Phi) is 7.50. The van der Waals surface area contributed by atoms with Crippen LogP contribution in [0.2, 0.25) is 0 Å². The normalized spacial score (nSPS) is 10.9. The molecular weight excluding hydrogens is 587 g/mol. The van der Waals surface area contributed by atoms with E-state index in [0.717, 1.165) is 55.8 Å². The predicted octanol–water partition coefficient (Wildman–Crippen LogP) is 10.3. The van der Waals surface area contributed by atoms with Crippen molar-refractivity contribution < 1.29 is 0 Å². The second-order valence-corrected chi connectivity index (χ2v) is 11.4. The Morgan fingerprint density at radius 2 is 0.750 bits per heavy atom. The van der Waals surface area contributed by atoms with Crippen LogP contribution >= 0.6 is 0 Å². The number of nitriles is 1. The first-order valence-corrected chi connectivity index (χ1v) is 15.7. The summed E-state index contributed by atoms with van der Waals surface area (Å²) in [6.45, 7) is 0. The largest absolute Gasteiger partial charge is 0.244 e. The molecule has 0 saturated heterocycles. The molecular formula is C43H27N5. The lowest BCUT2D eigenvalue weighted by Crippen LogP contribution is -2.01. The molecule has 0 bridgehead atoms. The number of benzene rings is 6. The van der Waals surface area contributed by atoms with Crippen molar-refractivity contribution in [1.29, 1.82) is 5.26 Å². The molecule has 0 amide bonds. The van der Waals surface area contributed by atoms with Gasteiger partial charge >= 0.3 is 0 Å². The van der Waals surface area contributed by atoms with Crippen LogP contribution in [-0.4, -0.2) is 19.9 Å². The molecule has 5 nitrogen and oxygen atoms in total. The Hall–Kier alpha value is -6.77. The topological polar surface area (TPSA) is 75.3 Å². The first kappa shape index (κ1) is 28.7. The lowest BCUT2D eigenvalue weighted by Gasteiger charge is -2.13. The number of nitrogens with zero attached hydrogens (tertiary/aromatic N) is 5. The predicted molar refractivity (Wildman–Crippen MR) is 192 cm³/mol. The number of para-hydroxylation sites is 2. The number of aromatic nitrogens is 4. The lowest BCUT2D eigenvalue weighted by atomic mass is 10.0. The molecule has 0 fully saturated rings. The second-order valence-electron chi connectivity index (χ2n) is 11.4. The first-order valence-electron chi connectivity index (χ1n) is 15.7. The molecule has 0 aliphatic rings. The maximum Gasteiger partial charge on any atom is 0.181 e. The summed E-state index contributed by atoms with van der Waals surface area (Å²) in [7, 11) is 0. The van der Waals surface area contributed by atoms with Gasteiger partial charge in [0, 0.05) is 16.7 Å². The fourth-order valence-corrected chi connectivity index (χ4v) is 5.84. The van der Waals surface area contributed by atoms with Crippen LogP contribution in [-0.2, 0) is 0 Å². The minimum absolute atomic E-state index is 0.503. The van der Waals surface area contributed by atoms with Crippen molar-refractivity contribution in [2.75, 3.05) is 0 Å². The standard InChI is InChI=1S/C43H27N5/c44-28-29-15-17-31(18-16-29)33-21-25-36(26-22-33)41-42(46-38-14-8-7-13-37(38)45-41)43-47-39(34-11-5-2-6-12-34)27-40(48-43)35-23-19-32(20-24-35)30-9-3-1-4-10-30/h1-27H. The maximum absolute atomic E-state index is 9.20. The van der Waals surface area contributed by atoms with Gasteiger partial charge in [0.1, 0.15) is 11.4 Å². The van der Waals surface area contributed by atoms with E-state index in [0.29, 0.717) is 22.8 Å². The van der Waals surface area contributed by atoms with Crippen LogP contribution < -0.4 is 0 Å². The molecule has 2 heterocycles. The van der Waals surface area contributed by atoms with Gasteiger partial charge in [-0.05, 0) is 52.6 Å². The average Bonchev–Trinajstić information content (AvgIpc) is 3.18. The van der Waals surface area contributed by atoms with Crippen molar-refractivity contribution in [3.63, 3.8) is 0 Å². The van der Waals surface area contributed by atoms with E-state index in [1.54, 1.807) is 0 Å². The van der Waals surface area contributed by atoms with E-state index in [-0.39, 0.29) is 0 Å². The van der Waals surface area contributed by atoms with Crippen LogP contribution in [0.1, 0.15) is 5.56 Å². The molecule has 8 aromatic rings. The lowest BCUT2D eigenvalue weighted by molar-refractivity contribution is 1.14. The second kappa shape index (κ2) is 12.6. The van der Waals surface area contributed by atoms with Crippen LogP contribution in [0.5, 0.6) is 0 Å². The smallest absolute Gasteiger partial charge is 0.181 e.